The summed E-state index contributed by atoms with van der Waals surface area (Å²) in [6.45, 7) is 6.86. The lowest BCUT2D eigenvalue weighted by Gasteiger charge is -2.28. The van der Waals surface area contributed by atoms with E-state index in [0.29, 0.717) is 21.5 Å². The van der Waals surface area contributed by atoms with Crippen LogP contribution in [0.15, 0.2) is 29.2 Å². The first kappa shape index (κ1) is 25.0. The molecule has 36 heavy (non-hydrogen) atoms. The van der Waals surface area contributed by atoms with E-state index < -0.39 is 0 Å². The van der Waals surface area contributed by atoms with Crippen molar-refractivity contribution in [2.24, 2.45) is 0 Å². The molecular formula is C26H30N4O4S2. The Bertz CT molecular complexity index is 1240. The Hall–Kier alpha value is -2.69. The molecule has 1 amide bonds. The van der Waals surface area contributed by atoms with Crippen molar-refractivity contribution < 1.29 is 14.5 Å². The number of benzene rings is 1. The van der Waals surface area contributed by atoms with Gasteiger partial charge in [0.2, 0.25) is 0 Å². The maximum absolute atomic E-state index is 13.1. The first-order valence-corrected chi connectivity index (χ1v) is 13.7. The highest BCUT2D eigenvalue weighted by Gasteiger charge is 2.35. The minimum Gasteiger partial charge on any atom is -0.376 e. The number of nitro groups is 1. The first-order chi connectivity index (χ1) is 17.3. The van der Waals surface area contributed by atoms with Gasteiger partial charge in [-0.1, -0.05) is 24.0 Å². The fraction of sp³-hybridized carbons (Fsp3) is 0.462. The molecule has 0 N–H and O–H groups in total. The van der Waals surface area contributed by atoms with Crippen molar-refractivity contribution in [3.8, 4) is 5.69 Å². The molecule has 8 nitrogen and oxygen atoms in total. The number of ether oxygens (including phenoxy) is 1. The molecule has 1 atom stereocenters. The molecule has 1 aromatic carbocycles. The molecule has 3 fully saturated rings. The highest BCUT2D eigenvalue weighted by molar-refractivity contribution is 8.26. The maximum Gasteiger partial charge on any atom is 0.294 e. The topological polar surface area (TPSA) is 80.8 Å². The third kappa shape index (κ3) is 4.81. The summed E-state index contributed by atoms with van der Waals surface area (Å²) in [5, 5.41) is 12.0. The Morgan fingerprint density at radius 2 is 1.97 bits per heavy atom. The Morgan fingerprint density at radius 1 is 1.19 bits per heavy atom. The van der Waals surface area contributed by atoms with Crippen molar-refractivity contribution in [2.75, 3.05) is 31.1 Å². The minimum atomic E-state index is -0.290. The fourth-order valence-electron chi connectivity index (χ4n) is 5.32. The van der Waals surface area contributed by atoms with Crippen molar-refractivity contribution in [2.45, 2.75) is 52.1 Å². The van der Waals surface area contributed by atoms with Gasteiger partial charge >= 0.3 is 0 Å². The normalized spacial score (nSPS) is 21.7. The van der Waals surface area contributed by atoms with Crippen LogP contribution in [-0.2, 0) is 9.53 Å². The van der Waals surface area contributed by atoms with Crippen LogP contribution in [0.5, 0.6) is 0 Å². The molecule has 5 rings (SSSR count). The van der Waals surface area contributed by atoms with E-state index in [1.165, 1.54) is 18.2 Å². The van der Waals surface area contributed by atoms with Gasteiger partial charge in [0.1, 0.15) is 10.0 Å². The number of amides is 1. The van der Waals surface area contributed by atoms with E-state index in [1.807, 2.05) is 42.7 Å². The molecule has 3 aliphatic heterocycles. The summed E-state index contributed by atoms with van der Waals surface area (Å²) >= 11 is 6.80. The summed E-state index contributed by atoms with van der Waals surface area (Å²) in [5.74, 6) is -0.0909. The predicted molar refractivity (Wildman–Crippen MR) is 147 cm³/mol. The molecule has 190 valence electrons. The summed E-state index contributed by atoms with van der Waals surface area (Å²) in [6, 6.07) is 7.48. The van der Waals surface area contributed by atoms with Gasteiger partial charge in [-0.2, -0.15) is 0 Å². The number of hydrogen-bond donors (Lipinski definition) is 0. The summed E-state index contributed by atoms with van der Waals surface area (Å²) in [7, 11) is 0. The van der Waals surface area contributed by atoms with Gasteiger partial charge in [0, 0.05) is 37.2 Å². The minimum absolute atomic E-state index is 0.0422. The van der Waals surface area contributed by atoms with Gasteiger partial charge in [0.05, 0.1) is 28.2 Å². The number of carbonyl (C=O) groups is 1. The number of rotatable bonds is 6. The zero-order chi connectivity index (χ0) is 25.4. The first-order valence-electron chi connectivity index (χ1n) is 12.4. The molecule has 0 unspecified atom stereocenters. The van der Waals surface area contributed by atoms with Crippen LogP contribution >= 0.6 is 24.0 Å². The average molecular weight is 527 g/mol. The lowest BCUT2D eigenvalue weighted by atomic mass is 10.1. The number of aryl methyl sites for hydroxylation is 1. The lowest BCUT2D eigenvalue weighted by Crippen LogP contribution is -2.35. The van der Waals surface area contributed by atoms with E-state index in [-0.39, 0.29) is 22.6 Å². The van der Waals surface area contributed by atoms with E-state index in [0.717, 1.165) is 68.0 Å². The van der Waals surface area contributed by atoms with Crippen LogP contribution in [-0.4, -0.2) is 57.0 Å². The zero-order valence-corrected chi connectivity index (χ0v) is 22.2. The second kappa shape index (κ2) is 10.4. The molecule has 0 saturated carbocycles. The van der Waals surface area contributed by atoms with Crippen LogP contribution in [0.4, 0.5) is 11.4 Å². The SMILES string of the molecule is Cc1cc(/C=C2\SC(=S)N(C[C@H]3CCCO3)C2=O)c(C)n1-c1ccc(N2CCCCC2)c([N+](=O)[O-])c1. The zero-order valence-electron chi connectivity index (χ0n) is 20.6. The van der Waals surface area contributed by atoms with E-state index in [9.17, 15) is 14.9 Å². The number of thiocarbonyl (C=S) groups is 1. The number of hydrogen-bond acceptors (Lipinski definition) is 7. The summed E-state index contributed by atoms with van der Waals surface area (Å²) in [6.07, 6.45) is 7.15. The van der Waals surface area contributed by atoms with Crippen LogP contribution in [0, 0.1) is 24.0 Å². The Morgan fingerprint density at radius 3 is 2.67 bits per heavy atom. The van der Waals surface area contributed by atoms with Gasteiger partial charge < -0.3 is 14.2 Å². The fourth-order valence-corrected chi connectivity index (χ4v) is 6.59. The van der Waals surface area contributed by atoms with E-state index >= 15 is 0 Å². The van der Waals surface area contributed by atoms with Gasteiger partial charge in [-0.15, -0.1) is 0 Å². The second-order valence-corrected chi connectivity index (χ2v) is 11.2. The predicted octanol–water partition coefficient (Wildman–Crippen LogP) is 5.37. The Kier molecular flexibility index (Phi) is 7.18. The van der Waals surface area contributed by atoms with Crippen LogP contribution < -0.4 is 4.90 Å². The number of carbonyl (C=O) groups excluding carboxylic acids is 1. The lowest BCUT2D eigenvalue weighted by molar-refractivity contribution is -0.384. The Balaban J connectivity index is 1.43. The largest absolute Gasteiger partial charge is 0.376 e. The standard InChI is InChI=1S/C26H30N4O4S2/c1-17-13-19(14-24-25(31)28(26(35)36-24)16-21-7-6-12-34-21)18(2)29(17)20-8-9-22(23(15-20)30(32)33)27-10-4-3-5-11-27/h8-9,13-15,21H,3-7,10-12,16H2,1-2H3/b24-14-/t21-/m1/s1. The summed E-state index contributed by atoms with van der Waals surface area (Å²) in [4.78, 5) is 29.1. The number of nitro benzene ring substituents is 1. The van der Waals surface area contributed by atoms with E-state index in [4.69, 9.17) is 17.0 Å². The number of thioether (sulfide) groups is 1. The van der Waals surface area contributed by atoms with Crippen molar-refractivity contribution >= 4 is 51.7 Å². The molecule has 0 radical (unpaired) electrons. The number of aromatic nitrogens is 1. The third-order valence-corrected chi connectivity index (χ3v) is 8.53. The maximum atomic E-state index is 13.1. The van der Waals surface area contributed by atoms with Gasteiger partial charge in [0.25, 0.3) is 11.6 Å². The van der Waals surface area contributed by atoms with Crippen molar-refractivity contribution in [1.29, 1.82) is 0 Å². The van der Waals surface area contributed by atoms with Crippen LogP contribution in [0.25, 0.3) is 11.8 Å². The molecule has 10 heteroatoms. The molecule has 3 aliphatic rings. The monoisotopic (exact) mass is 526 g/mol. The number of nitrogens with zero attached hydrogens (tertiary/aromatic N) is 4. The Labute approximate surface area is 220 Å². The van der Waals surface area contributed by atoms with Crippen LogP contribution in [0.2, 0.25) is 0 Å². The molecule has 0 aliphatic carbocycles. The molecule has 4 heterocycles. The second-order valence-electron chi connectivity index (χ2n) is 9.57. The van der Waals surface area contributed by atoms with Crippen LogP contribution in [0.3, 0.4) is 0 Å². The highest BCUT2D eigenvalue weighted by atomic mass is 32.2. The smallest absolute Gasteiger partial charge is 0.294 e. The summed E-state index contributed by atoms with van der Waals surface area (Å²) in [5.41, 5.74) is 4.29. The average Bonchev–Trinajstić information content (AvgIpc) is 3.55. The van der Waals surface area contributed by atoms with Crippen molar-refractivity contribution in [3.63, 3.8) is 0 Å². The quantitative estimate of drug-likeness (QED) is 0.217. The van der Waals surface area contributed by atoms with E-state index in [1.54, 1.807) is 11.0 Å². The van der Waals surface area contributed by atoms with Crippen LogP contribution in [0.1, 0.15) is 49.1 Å². The van der Waals surface area contributed by atoms with Gasteiger partial charge in [-0.25, -0.2) is 0 Å². The third-order valence-electron chi connectivity index (χ3n) is 7.15. The molecule has 0 spiro atoms. The van der Waals surface area contributed by atoms with E-state index in [2.05, 4.69) is 4.90 Å². The molecule has 0 bridgehead atoms. The molecule has 2 aromatic rings. The van der Waals surface area contributed by atoms with Gasteiger partial charge in [-0.3, -0.25) is 19.8 Å². The van der Waals surface area contributed by atoms with Crippen molar-refractivity contribution in [1.82, 2.24) is 9.47 Å². The highest BCUT2D eigenvalue weighted by Crippen LogP contribution is 2.36. The van der Waals surface area contributed by atoms with Crippen molar-refractivity contribution in [3.05, 3.63) is 56.2 Å². The summed E-state index contributed by atoms with van der Waals surface area (Å²) < 4.78 is 8.25. The molecular weight excluding hydrogens is 496 g/mol. The molecule has 1 aromatic heterocycles. The van der Waals surface area contributed by atoms with Gasteiger partial charge in [-0.05, 0) is 75.8 Å². The van der Waals surface area contributed by atoms with Gasteiger partial charge in [0.15, 0.2) is 0 Å². The number of piperidine rings is 1. The number of anilines is 1. The molecule has 3 saturated heterocycles.